The van der Waals surface area contributed by atoms with Crippen molar-refractivity contribution >= 4 is 6.29 Å². The smallest absolute Gasteiger partial charge is 0.248 e. The average molecular weight is 248 g/mol. The summed E-state index contributed by atoms with van der Waals surface area (Å²) in [5.41, 5.74) is 2.16. The maximum atomic E-state index is 10.9. The minimum Gasteiger partial charge on any atom is -0.337 e. The van der Waals surface area contributed by atoms with E-state index in [1.807, 2.05) is 13.8 Å². The summed E-state index contributed by atoms with van der Waals surface area (Å²) in [5, 5.41) is 8.17. The summed E-state index contributed by atoms with van der Waals surface area (Å²) in [6.07, 6.45) is 2.61. The summed E-state index contributed by atoms with van der Waals surface area (Å²) in [6, 6.07) is 0. The molecule has 0 saturated carbocycles. The van der Waals surface area contributed by atoms with Gasteiger partial charge in [0, 0.05) is 12.1 Å². The number of carbonyl (C=O) groups is 1. The molecule has 0 atom stereocenters. The Morgan fingerprint density at radius 1 is 1.39 bits per heavy atom. The van der Waals surface area contributed by atoms with Crippen LogP contribution in [0.15, 0.2) is 4.52 Å². The van der Waals surface area contributed by atoms with Gasteiger partial charge in [0.25, 0.3) is 0 Å². The Labute approximate surface area is 105 Å². The zero-order valence-electron chi connectivity index (χ0n) is 10.8. The second kappa shape index (κ2) is 5.12. The minimum atomic E-state index is 0.400. The SMILES string of the molecule is CCCc1noc(Cn2nc(C)c(C=O)c2C)n1. The van der Waals surface area contributed by atoms with Gasteiger partial charge in [-0.25, -0.2) is 0 Å². The molecule has 0 bridgehead atoms. The largest absolute Gasteiger partial charge is 0.337 e. The van der Waals surface area contributed by atoms with E-state index in [1.165, 1.54) is 0 Å². The number of aromatic nitrogens is 4. The Kier molecular flexibility index (Phi) is 3.55. The molecule has 6 nitrogen and oxygen atoms in total. The molecule has 0 spiro atoms. The Morgan fingerprint density at radius 3 is 2.78 bits per heavy atom. The molecule has 2 rings (SSSR count). The van der Waals surface area contributed by atoms with Crippen LogP contribution in [0.25, 0.3) is 0 Å². The van der Waals surface area contributed by atoms with Gasteiger partial charge in [-0.1, -0.05) is 12.1 Å². The highest BCUT2D eigenvalue weighted by Crippen LogP contribution is 2.12. The number of rotatable bonds is 5. The molecule has 96 valence electrons. The van der Waals surface area contributed by atoms with Gasteiger partial charge in [0.2, 0.25) is 5.89 Å². The predicted octanol–water partition coefficient (Wildman–Crippen LogP) is 1.70. The molecule has 0 aromatic carbocycles. The molecule has 18 heavy (non-hydrogen) atoms. The van der Waals surface area contributed by atoms with Crippen LogP contribution in [0.3, 0.4) is 0 Å². The summed E-state index contributed by atoms with van der Waals surface area (Å²) >= 11 is 0. The molecule has 0 saturated heterocycles. The molecule has 0 fully saturated rings. The van der Waals surface area contributed by atoms with Crippen molar-refractivity contribution in [3.05, 3.63) is 28.7 Å². The van der Waals surface area contributed by atoms with Crippen molar-refractivity contribution in [2.45, 2.75) is 40.2 Å². The van der Waals surface area contributed by atoms with Gasteiger partial charge in [-0.15, -0.1) is 0 Å². The van der Waals surface area contributed by atoms with Gasteiger partial charge in [-0.05, 0) is 20.3 Å². The van der Waals surface area contributed by atoms with E-state index >= 15 is 0 Å². The summed E-state index contributed by atoms with van der Waals surface area (Å²) in [7, 11) is 0. The normalized spacial score (nSPS) is 10.8. The standard InChI is InChI=1S/C12H16N4O2/c1-4-5-11-13-12(18-15-11)6-16-9(3)10(7-17)8(2)14-16/h7H,4-6H2,1-3H3. The van der Waals surface area contributed by atoms with Crippen molar-refractivity contribution in [1.82, 2.24) is 19.9 Å². The first-order valence-electron chi connectivity index (χ1n) is 5.96. The maximum absolute atomic E-state index is 10.9. The van der Waals surface area contributed by atoms with E-state index in [-0.39, 0.29) is 0 Å². The van der Waals surface area contributed by atoms with Gasteiger partial charge < -0.3 is 4.52 Å². The van der Waals surface area contributed by atoms with Crippen LogP contribution in [0.1, 0.15) is 46.8 Å². The summed E-state index contributed by atoms with van der Waals surface area (Å²) < 4.78 is 6.86. The monoisotopic (exact) mass is 248 g/mol. The molecule has 0 unspecified atom stereocenters. The van der Waals surface area contributed by atoms with E-state index in [0.29, 0.717) is 23.8 Å². The Hall–Kier alpha value is -1.98. The third kappa shape index (κ3) is 2.32. The van der Waals surface area contributed by atoms with Gasteiger partial charge in [0.15, 0.2) is 12.1 Å². The highest BCUT2D eigenvalue weighted by atomic mass is 16.5. The summed E-state index contributed by atoms with van der Waals surface area (Å²) in [6.45, 7) is 6.13. The van der Waals surface area contributed by atoms with Crippen molar-refractivity contribution in [3.8, 4) is 0 Å². The fourth-order valence-corrected chi connectivity index (χ4v) is 1.84. The Morgan fingerprint density at radius 2 is 2.17 bits per heavy atom. The van der Waals surface area contributed by atoms with Crippen molar-refractivity contribution in [2.75, 3.05) is 0 Å². The van der Waals surface area contributed by atoms with Crippen LogP contribution in [-0.4, -0.2) is 26.2 Å². The van der Waals surface area contributed by atoms with Gasteiger partial charge in [0.1, 0.15) is 6.54 Å². The molecule has 2 aromatic heterocycles. The van der Waals surface area contributed by atoms with Crippen LogP contribution in [-0.2, 0) is 13.0 Å². The number of aldehydes is 1. The first-order chi connectivity index (χ1) is 8.65. The summed E-state index contributed by atoms with van der Waals surface area (Å²) in [4.78, 5) is 15.2. The molecule has 0 amide bonds. The first kappa shape index (κ1) is 12.5. The Balaban J connectivity index is 2.20. The molecule has 0 N–H and O–H groups in total. The van der Waals surface area contributed by atoms with Gasteiger partial charge in [0.05, 0.1) is 11.3 Å². The quantitative estimate of drug-likeness (QED) is 0.753. The zero-order chi connectivity index (χ0) is 13.1. The van der Waals surface area contributed by atoms with Crippen molar-refractivity contribution in [1.29, 1.82) is 0 Å². The molecule has 0 aliphatic rings. The molecule has 2 aromatic rings. The third-order valence-electron chi connectivity index (χ3n) is 2.82. The van der Waals surface area contributed by atoms with E-state index in [9.17, 15) is 4.79 Å². The first-order valence-corrected chi connectivity index (χ1v) is 5.96. The van der Waals surface area contributed by atoms with E-state index in [1.54, 1.807) is 4.68 Å². The topological polar surface area (TPSA) is 73.8 Å². The van der Waals surface area contributed by atoms with Crippen LogP contribution in [0, 0.1) is 13.8 Å². The molecule has 6 heteroatoms. The van der Waals surface area contributed by atoms with E-state index in [0.717, 1.165) is 30.5 Å². The number of hydrogen-bond acceptors (Lipinski definition) is 5. The third-order valence-corrected chi connectivity index (χ3v) is 2.82. The lowest BCUT2D eigenvalue weighted by Crippen LogP contribution is -2.04. The highest BCUT2D eigenvalue weighted by molar-refractivity contribution is 5.78. The lowest BCUT2D eigenvalue weighted by Gasteiger charge is -1.99. The lowest BCUT2D eigenvalue weighted by molar-refractivity contribution is 0.112. The molecule has 0 aliphatic heterocycles. The van der Waals surface area contributed by atoms with Crippen LogP contribution in [0.5, 0.6) is 0 Å². The van der Waals surface area contributed by atoms with Crippen LogP contribution < -0.4 is 0 Å². The van der Waals surface area contributed by atoms with Gasteiger partial charge >= 0.3 is 0 Å². The molecule has 0 radical (unpaired) electrons. The number of aryl methyl sites for hydroxylation is 2. The van der Waals surface area contributed by atoms with Crippen molar-refractivity contribution in [3.63, 3.8) is 0 Å². The van der Waals surface area contributed by atoms with E-state index < -0.39 is 0 Å². The molecular weight excluding hydrogens is 232 g/mol. The highest BCUT2D eigenvalue weighted by Gasteiger charge is 2.13. The molecular formula is C12H16N4O2. The second-order valence-corrected chi connectivity index (χ2v) is 4.21. The minimum absolute atomic E-state index is 0.400. The fraction of sp³-hybridized carbons (Fsp3) is 0.500. The molecule has 2 heterocycles. The zero-order valence-corrected chi connectivity index (χ0v) is 10.8. The average Bonchev–Trinajstić information content (AvgIpc) is 2.87. The number of nitrogens with zero attached hydrogens (tertiary/aromatic N) is 4. The number of carbonyl (C=O) groups excluding carboxylic acids is 1. The van der Waals surface area contributed by atoms with Crippen LogP contribution >= 0.6 is 0 Å². The predicted molar refractivity (Wildman–Crippen MR) is 64.5 cm³/mol. The van der Waals surface area contributed by atoms with Crippen molar-refractivity contribution < 1.29 is 9.32 Å². The van der Waals surface area contributed by atoms with Crippen LogP contribution in [0.4, 0.5) is 0 Å². The Bertz CT molecular complexity index is 556. The fourth-order valence-electron chi connectivity index (χ4n) is 1.84. The molecule has 0 aliphatic carbocycles. The lowest BCUT2D eigenvalue weighted by atomic mass is 10.2. The van der Waals surface area contributed by atoms with E-state index in [4.69, 9.17) is 4.52 Å². The van der Waals surface area contributed by atoms with Crippen LogP contribution in [0.2, 0.25) is 0 Å². The maximum Gasteiger partial charge on any atom is 0.248 e. The van der Waals surface area contributed by atoms with Crippen molar-refractivity contribution in [2.24, 2.45) is 0 Å². The second-order valence-electron chi connectivity index (χ2n) is 4.21. The van der Waals surface area contributed by atoms with E-state index in [2.05, 4.69) is 22.2 Å². The van der Waals surface area contributed by atoms with Gasteiger partial charge in [-0.3, -0.25) is 9.48 Å². The number of hydrogen-bond donors (Lipinski definition) is 0. The summed E-state index contributed by atoms with van der Waals surface area (Å²) in [5.74, 6) is 1.23. The van der Waals surface area contributed by atoms with Gasteiger partial charge in [-0.2, -0.15) is 10.1 Å².